The van der Waals surface area contributed by atoms with Crippen molar-refractivity contribution in [2.24, 2.45) is 5.73 Å². The predicted molar refractivity (Wildman–Crippen MR) is 53.3 cm³/mol. The number of benzene rings is 1. The summed E-state index contributed by atoms with van der Waals surface area (Å²) in [6.45, 7) is 4.01. The molecule has 0 saturated carbocycles. The van der Waals surface area contributed by atoms with E-state index in [1.165, 1.54) is 12.1 Å². The number of ether oxygens (including phenoxy) is 1. The van der Waals surface area contributed by atoms with E-state index in [2.05, 4.69) is 0 Å². The highest BCUT2D eigenvalue weighted by Gasteiger charge is 2.11. The van der Waals surface area contributed by atoms with Crippen LogP contribution >= 0.6 is 0 Å². The molecule has 0 aliphatic rings. The van der Waals surface area contributed by atoms with Crippen molar-refractivity contribution < 1.29 is 9.13 Å². The SMILES string of the molecule is CCOc1c(C)cc(F)cc1C(=N)N. The van der Waals surface area contributed by atoms with Crippen molar-refractivity contribution in [3.05, 3.63) is 29.1 Å². The lowest BCUT2D eigenvalue weighted by Gasteiger charge is -2.11. The lowest BCUT2D eigenvalue weighted by atomic mass is 10.1. The van der Waals surface area contributed by atoms with Crippen LogP contribution < -0.4 is 10.5 Å². The van der Waals surface area contributed by atoms with E-state index in [0.717, 1.165) is 0 Å². The maximum atomic E-state index is 13.0. The molecule has 1 aromatic rings. The molecule has 0 aromatic heterocycles. The Labute approximate surface area is 82.2 Å². The van der Waals surface area contributed by atoms with Gasteiger partial charge in [-0.05, 0) is 31.5 Å². The van der Waals surface area contributed by atoms with Crippen LogP contribution in [0.3, 0.4) is 0 Å². The molecule has 4 heteroatoms. The van der Waals surface area contributed by atoms with Crippen LogP contribution in [0.15, 0.2) is 12.1 Å². The smallest absolute Gasteiger partial charge is 0.133 e. The molecule has 14 heavy (non-hydrogen) atoms. The van der Waals surface area contributed by atoms with Gasteiger partial charge in [-0.1, -0.05) is 0 Å². The third-order valence-electron chi connectivity index (χ3n) is 1.82. The summed E-state index contributed by atoms with van der Waals surface area (Å²) in [6, 6.07) is 2.57. The third-order valence-corrected chi connectivity index (χ3v) is 1.82. The van der Waals surface area contributed by atoms with Crippen LogP contribution in [-0.2, 0) is 0 Å². The Bertz CT molecular complexity index is 363. The van der Waals surface area contributed by atoms with Crippen molar-refractivity contribution in [2.45, 2.75) is 13.8 Å². The van der Waals surface area contributed by atoms with E-state index in [0.29, 0.717) is 23.5 Å². The number of nitrogen functional groups attached to an aromatic ring is 1. The van der Waals surface area contributed by atoms with E-state index in [1.54, 1.807) is 6.92 Å². The molecule has 0 radical (unpaired) electrons. The molecule has 1 aromatic carbocycles. The van der Waals surface area contributed by atoms with Gasteiger partial charge >= 0.3 is 0 Å². The zero-order valence-corrected chi connectivity index (χ0v) is 8.23. The molecule has 3 nitrogen and oxygen atoms in total. The minimum Gasteiger partial charge on any atom is -0.493 e. The zero-order valence-electron chi connectivity index (χ0n) is 8.23. The first kappa shape index (κ1) is 10.5. The van der Waals surface area contributed by atoms with Crippen LogP contribution in [0.25, 0.3) is 0 Å². The van der Waals surface area contributed by atoms with Crippen molar-refractivity contribution in [3.63, 3.8) is 0 Å². The van der Waals surface area contributed by atoms with E-state index in [9.17, 15) is 4.39 Å². The molecule has 0 bridgehead atoms. The van der Waals surface area contributed by atoms with Crippen molar-refractivity contribution in [1.29, 1.82) is 5.41 Å². The van der Waals surface area contributed by atoms with Crippen LogP contribution in [-0.4, -0.2) is 12.4 Å². The number of amidine groups is 1. The topological polar surface area (TPSA) is 59.1 Å². The molecule has 0 saturated heterocycles. The first-order valence-corrected chi connectivity index (χ1v) is 4.33. The Balaban J connectivity index is 3.28. The molecule has 1 rings (SSSR count). The fourth-order valence-corrected chi connectivity index (χ4v) is 1.27. The summed E-state index contributed by atoms with van der Waals surface area (Å²) in [6.07, 6.45) is 0. The first-order chi connectivity index (χ1) is 6.56. The lowest BCUT2D eigenvalue weighted by molar-refractivity contribution is 0.336. The molecule has 0 atom stereocenters. The Morgan fingerprint density at radius 1 is 1.57 bits per heavy atom. The molecule has 0 spiro atoms. The fourth-order valence-electron chi connectivity index (χ4n) is 1.27. The highest BCUT2D eigenvalue weighted by atomic mass is 19.1. The standard InChI is InChI=1S/C10H13FN2O/c1-3-14-9-6(2)4-7(11)5-8(9)10(12)13/h4-5H,3H2,1-2H3,(H3,12,13). The molecule has 0 amide bonds. The predicted octanol–water partition coefficient (Wildman–Crippen LogP) is 1.82. The van der Waals surface area contributed by atoms with Gasteiger partial charge in [0.15, 0.2) is 0 Å². The molecule has 3 N–H and O–H groups in total. The van der Waals surface area contributed by atoms with Crippen LogP contribution in [0, 0.1) is 18.2 Å². The molecule has 0 heterocycles. The first-order valence-electron chi connectivity index (χ1n) is 4.33. The second-order valence-electron chi connectivity index (χ2n) is 2.95. The summed E-state index contributed by atoms with van der Waals surface area (Å²) in [5.41, 5.74) is 6.28. The van der Waals surface area contributed by atoms with E-state index in [1.807, 2.05) is 6.92 Å². The van der Waals surface area contributed by atoms with Crippen LogP contribution in [0.2, 0.25) is 0 Å². The highest BCUT2D eigenvalue weighted by Crippen LogP contribution is 2.24. The number of aryl methyl sites for hydroxylation is 1. The largest absolute Gasteiger partial charge is 0.493 e. The quantitative estimate of drug-likeness (QED) is 0.572. The number of nitrogens with one attached hydrogen (secondary N) is 1. The summed E-state index contributed by atoms with van der Waals surface area (Å²) in [5.74, 6) is -0.103. The van der Waals surface area contributed by atoms with E-state index in [-0.39, 0.29) is 5.84 Å². The van der Waals surface area contributed by atoms with E-state index >= 15 is 0 Å². The van der Waals surface area contributed by atoms with Gasteiger partial charge in [-0.2, -0.15) is 0 Å². The van der Waals surface area contributed by atoms with Crippen molar-refractivity contribution in [1.82, 2.24) is 0 Å². The number of hydrogen-bond donors (Lipinski definition) is 2. The van der Waals surface area contributed by atoms with Crippen LogP contribution in [0.5, 0.6) is 5.75 Å². The minimum atomic E-state index is -0.406. The highest BCUT2D eigenvalue weighted by molar-refractivity contribution is 5.98. The van der Waals surface area contributed by atoms with Gasteiger partial charge < -0.3 is 10.5 Å². The zero-order chi connectivity index (χ0) is 10.7. The third kappa shape index (κ3) is 2.02. The fraction of sp³-hybridized carbons (Fsp3) is 0.300. The average molecular weight is 196 g/mol. The summed E-state index contributed by atoms with van der Waals surface area (Å²) < 4.78 is 18.3. The van der Waals surface area contributed by atoms with E-state index in [4.69, 9.17) is 15.9 Å². The van der Waals surface area contributed by atoms with Crippen molar-refractivity contribution in [2.75, 3.05) is 6.61 Å². The molecule has 0 aliphatic heterocycles. The Morgan fingerprint density at radius 3 is 2.71 bits per heavy atom. The van der Waals surface area contributed by atoms with Gasteiger partial charge in [0.05, 0.1) is 12.2 Å². The maximum Gasteiger partial charge on any atom is 0.133 e. The summed E-state index contributed by atoms with van der Waals surface area (Å²) in [4.78, 5) is 0. The summed E-state index contributed by atoms with van der Waals surface area (Å²) in [7, 11) is 0. The maximum absolute atomic E-state index is 13.0. The number of nitrogens with two attached hydrogens (primary N) is 1. The van der Waals surface area contributed by atoms with Crippen LogP contribution in [0.4, 0.5) is 4.39 Å². The Morgan fingerprint density at radius 2 is 2.21 bits per heavy atom. The Kier molecular flexibility index (Phi) is 3.06. The second-order valence-corrected chi connectivity index (χ2v) is 2.95. The van der Waals surface area contributed by atoms with Gasteiger partial charge in [0, 0.05) is 0 Å². The van der Waals surface area contributed by atoms with Gasteiger partial charge in [0.1, 0.15) is 17.4 Å². The summed E-state index contributed by atoms with van der Waals surface area (Å²) in [5, 5.41) is 7.28. The second kappa shape index (κ2) is 4.09. The molecular formula is C10H13FN2O. The monoisotopic (exact) mass is 196 g/mol. The van der Waals surface area contributed by atoms with Crippen molar-refractivity contribution >= 4 is 5.84 Å². The Hall–Kier alpha value is -1.58. The number of halogens is 1. The average Bonchev–Trinajstić information content (AvgIpc) is 2.09. The van der Waals surface area contributed by atoms with Crippen molar-refractivity contribution in [3.8, 4) is 5.75 Å². The lowest BCUT2D eigenvalue weighted by Crippen LogP contribution is -2.14. The van der Waals surface area contributed by atoms with Gasteiger partial charge in [0.2, 0.25) is 0 Å². The van der Waals surface area contributed by atoms with Gasteiger partial charge in [0.25, 0.3) is 0 Å². The normalized spacial score (nSPS) is 9.93. The van der Waals surface area contributed by atoms with Gasteiger partial charge in [-0.3, -0.25) is 5.41 Å². The minimum absolute atomic E-state index is 0.184. The summed E-state index contributed by atoms with van der Waals surface area (Å²) >= 11 is 0. The van der Waals surface area contributed by atoms with Gasteiger partial charge in [-0.15, -0.1) is 0 Å². The molecule has 0 unspecified atom stereocenters. The van der Waals surface area contributed by atoms with Gasteiger partial charge in [-0.25, -0.2) is 4.39 Å². The van der Waals surface area contributed by atoms with Crippen LogP contribution in [0.1, 0.15) is 18.1 Å². The number of rotatable bonds is 3. The number of hydrogen-bond acceptors (Lipinski definition) is 2. The molecule has 0 fully saturated rings. The molecule has 0 aliphatic carbocycles. The molecular weight excluding hydrogens is 183 g/mol. The van der Waals surface area contributed by atoms with E-state index < -0.39 is 5.82 Å². The molecule has 76 valence electrons.